The maximum absolute atomic E-state index is 13.0. The third-order valence-electron chi connectivity index (χ3n) is 4.76. The first-order valence-corrected chi connectivity index (χ1v) is 9.00. The van der Waals surface area contributed by atoms with Crippen molar-refractivity contribution in [3.05, 3.63) is 57.4 Å². The lowest BCUT2D eigenvalue weighted by atomic mass is 9.92. The molecule has 0 radical (unpaired) electrons. The summed E-state index contributed by atoms with van der Waals surface area (Å²) in [6.45, 7) is 5.18. The molecule has 140 valence electrons. The van der Waals surface area contributed by atoms with Crippen molar-refractivity contribution in [2.24, 2.45) is 0 Å². The number of ketones is 1. The number of benzene rings is 2. The molecule has 2 rings (SSSR count). The van der Waals surface area contributed by atoms with Gasteiger partial charge in [0.2, 0.25) is 0 Å². The van der Waals surface area contributed by atoms with Gasteiger partial charge in [-0.25, -0.2) is 4.39 Å². The van der Waals surface area contributed by atoms with Gasteiger partial charge in [0, 0.05) is 5.56 Å². The molecular weight excluding hydrogens is 355 g/mol. The number of carbonyl (C=O) groups excluding carboxylic acids is 1. The van der Waals surface area contributed by atoms with Crippen LogP contribution in [0, 0.1) is 12.7 Å². The van der Waals surface area contributed by atoms with E-state index in [1.54, 1.807) is 19.1 Å². The van der Waals surface area contributed by atoms with Gasteiger partial charge in [-0.2, -0.15) is 0 Å². The standard InChI is InChI=1S/C21H24ClFO3/c1-12(15-8-10-16(23)11-9-15)6-5-7-17-20(25)18(14(3)24)13(2)19(22)21(17)26-4/h8-12,25H,5-7H2,1-4H3. The molecule has 0 amide bonds. The zero-order valence-corrected chi connectivity index (χ0v) is 16.3. The summed E-state index contributed by atoms with van der Waals surface area (Å²) in [7, 11) is 1.50. The van der Waals surface area contributed by atoms with Crippen LogP contribution in [0.1, 0.15) is 59.7 Å². The maximum atomic E-state index is 13.0. The van der Waals surface area contributed by atoms with Gasteiger partial charge >= 0.3 is 0 Å². The van der Waals surface area contributed by atoms with Crippen LogP contribution in [0.5, 0.6) is 11.5 Å². The van der Waals surface area contributed by atoms with Crippen molar-refractivity contribution in [1.82, 2.24) is 0 Å². The highest BCUT2D eigenvalue weighted by molar-refractivity contribution is 6.33. The Balaban J connectivity index is 2.21. The first kappa shape index (κ1) is 20.2. The van der Waals surface area contributed by atoms with Crippen molar-refractivity contribution in [3.8, 4) is 11.5 Å². The summed E-state index contributed by atoms with van der Waals surface area (Å²) in [5.74, 6) is 0.135. The van der Waals surface area contributed by atoms with E-state index < -0.39 is 0 Å². The van der Waals surface area contributed by atoms with Crippen LogP contribution in [0.15, 0.2) is 24.3 Å². The van der Waals surface area contributed by atoms with Gasteiger partial charge < -0.3 is 9.84 Å². The predicted molar refractivity (Wildman–Crippen MR) is 102 cm³/mol. The molecule has 1 unspecified atom stereocenters. The summed E-state index contributed by atoms with van der Waals surface area (Å²) in [4.78, 5) is 11.9. The van der Waals surface area contributed by atoms with Crippen molar-refractivity contribution in [3.63, 3.8) is 0 Å². The summed E-state index contributed by atoms with van der Waals surface area (Å²) in [6.07, 6.45) is 2.13. The number of hydrogen-bond acceptors (Lipinski definition) is 3. The minimum absolute atomic E-state index is 0.0503. The van der Waals surface area contributed by atoms with E-state index in [4.69, 9.17) is 16.3 Å². The predicted octanol–water partition coefficient (Wildman–Crippen LogP) is 5.83. The normalized spacial score (nSPS) is 12.1. The van der Waals surface area contributed by atoms with Crippen molar-refractivity contribution in [1.29, 1.82) is 0 Å². The quantitative estimate of drug-likeness (QED) is 0.616. The smallest absolute Gasteiger partial charge is 0.163 e. The minimum atomic E-state index is -0.248. The van der Waals surface area contributed by atoms with E-state index in [1.807, 2.05) is 0 Å². The second kappa shape index (κ2) is 8.54. The van der Waals surface area contributed by atoms with Gasteiger partial charge in [0.15, 0.2) is 5.78 Å². The molecule has 2 aromatic rings. The molecule has 2 aromatic carbocycles. The lowest BCUT2D eigenvalue weighted by molar-refractivity contribution is 0.101. The van der Waals surface area contributed by atoms with E-state index in [0.29, 0.717) is 28.3 Å². The number of hydrogen-bond donors (Lipinski definition) is 1. The summed E-state index contributed by atoms with van der Waals surface area (Å²) in [5, 5.41) is 10.9. The molecule has 0 saturated carbocycles. The molecule has 0 aliphatic carbocycles. The number of aromatic hydroxyl groups is 1. The van der Waals surface area contributed by atoms with Crippen LogP contribution in [0.25, 0.3) is 0 Å². The van der Waals surface area contributed by atoms with Crippen LogP contribution in [0.4, 0.5) is 4.39 Å². The zero-order valence-electron chi connectivity index (χ0n) is 15.5. The lowest BCUT2D eigenvalue weighted by Crippen LogP contribution is -2.05. The molecular formula is C21H24ClFO3. The fourth-order valence-corrected chi connectivity index (χ4v) is 3.55. The number of carbonyl (C=O) groups is 1. The maximum Gasteiger partial charge on any atom is 0.163 e. The Bertz CT molecular complexity index is 800. The Kier molecular flexibility index (Phi) is 6.65. The minimum Gasteiger partial charge on any atom is -0.507 e. The monoisotopic (exact) mass is 378 g/mol. The van der Waals surface area contributed by atoms with Crippen LogP contribution < -0.4 is 4.74 Å². The molecule has 3 nitrogen and oxygen atoms in total. The Labute approximate surface area is 158 Å². The molecule has 1 N–H and O–H groups in total. The fourth-order valence-electron chi connectivity index (χ4n) is 3.27. The number of ether oxygens (including phenoxy) is 1. The molecule has 0 heterocycles. The van der Waals surface area contributed by atoms with E-state index in [0.717, 1.165) is 18.4 Å². The van der Waals surface area contributed by atoms with E-state index >= 15 is 0 Å². The molecule has 26 heavy (non-hydrogen) atoms. The lowest BCUT2D eigenvalue weighted by Gasteiger charge is -2.18. The van der Waals surface area contributed by atoms with E-state index in [9.17, 15) is 14.3 Å². The Morgan fingerprint density at radius 3 is 2.46 bits per heavy atom. The summed E-state index contributed by atoms with van der Waals surface area (Å²) >= 11 is 6.35. The highest BCUT2D eigenvalue weighted by atomic mass is 35.5. The summed E-state index contributed by atoms with van der Waals surface area (Å²) < 4.78 is 18.4. The van der Waals surface area contributed by atoms with Crippen molar-refractivity contribution in [2.75, 3.05) is 7.11 Å². The molecule has 0 spiro atoms. The van der Waals surface area contributed by atoms with Crippen LogP contribution in [-0.4, -0.2) is 18.0 Å². The third-order valence-corrected chi connectivity index (χ3v) is 5.21. The van der Waals surface area contributed by atoms with Gasteiger partial charge in [0.05, 0.1) is 17.7 Å². The van der Waals surface area contributed by atoms with Crippen LogP contribution in [0.3, 0.4) is 0 Å². The van der Waals surface area contributed by atoms with E-state index in [2.05, 4.69) is 6.92 Å². The highest BCUT2D eigenvalue weighted by Gasteiger charge is 2.23. The van der Waals surface area contributed by atoms with Crippen LogP contribution in [-0.2, 0) is 6.42 Å². The number of halogens is 2. The van der Waals surface area contributed by atoms with Crippen LogP contribution in [0.2, 0.25) is 5.02 Å². The SMILES string of the molecule is COc1c(Cl)c(C)c(C(C)=O)c(O)c1CCCC(C)c1ccc(F)cc1. The second-order valence-corrected chi connectivity index (χ2v) is 6.95. The second-order valence-electron chi connectivity index (χ2n) is 6.58. The Hall–Kier alpha value is -2.07. The fraction of sp³-hybridized carbons (Fsp3) is 0.381. The Morgan fingerprint density at radius 1 is 1.31 bits per heavy atom. The average Bonchev–Trinajstić information content (AvgIpc) is 2.59. The Morgan fingerprint density at radius 2 is 1.92 bits per heavy atom. The number of methoxy groups -OCH3 is 1. The highest BCUT2D eigenvalue weighted by Crippen LogP contribution is 2.42. The molecule has 0 saturated heterocycles. The molecule has 0 fully saturated rings. The first-order chi connectivity index (χ1) is 12.3. The van der Waals surface area contributed by atoms with E-state index in [-0.39, 0.29) is 28.8 Å². The first-order valence-electron chi connectivity index (χ1n) is 8.62. The van der Waals surface area contributed by atoms with Gasteiger partial charge in [0.1, 0.15) is 17.3 Å². The topological polar surface area (TPSA) is 46.5 Å². The zero-order chi connectivity index (χ0) is 19.4. The molecule has 0 aliphatic rings. The van der Waals surface area contributed by atoms with Crippen molar-refractivity contribution >= 4 is 17.4 Å². The van der Waals surface area contributed by atoms with E-state index in [1.165, 1.54) is 26.2 Å². The largest absolute Gasteiger partial charge is 0.507 e. The molecule has 1 atom stereocenters. The average molecular weight is 379 g/mol. The number of phenols is 1. The number of rotatable bonds is 7. The van der Waals surface area contributed by atoms with Gasteiger partial charge in [-0.1, -0.05) is 30.7 Å². The molecule has 5 heteroatoms. The molecule has 0 aromatic heterocycles. The summed E-state index contributed by atoms with van der Waals surface area (Å²) in [6, 6.07) is 6.49. The summed E-state index contributed by atoms with van der Waals surface area (Å²) in [5.41, 5.74) is 2.39. The number of phenolic OH excluding ortho intramolecular Hbond substituents is 1. The third kappa shape index (κ3) is 4.18. The van der Waals surface area contributed by atoms with Gasteiger partial charge in [-0.05, 0) is 62.3 Å². The van der Waals surface area contributed by atoms with Crippen molar-refractivity contribution < 1.29 is 19.0 Å². The van der Waals surface area contributed by atoms with Gasteiger partial charge in [0.25, 0.3) is 0 Å². The van der Waals surface area contributed by atoms with Gasteiger partial charge in [-0.3, -0.25) is 4.79 Å². The molecule has 0 bridgehead atoms. The number of Topliss-reactive ketones (excluding diaryl/α,β-unsaturated/α-hetero) is 1. The van der Waals surface area contributed by atoms with Gasteiger partial charge in [-0.15, -0.1) is 0 Å². The van der Waals surface area contributed by atoms with Crippen molar-refractivity contribution in [2.45, 2.75) is 46.0 Å². The molecule has 0 aliphatic heterocycles. The van der Waals surface area contributed by atoms with Crippen LogP contribution >= 0.6 is 11.6 Å².